The highest BCUT2D eigenvalue weighted by Gasteiger charge is 2.31. The summed E-state index contributed by atoms with van der Waals surface area (Å²) in [5, 5.41) is 13.3. The molecule has 4 aromatic rings. The molecule has 2 aromatic carbocycles. The van der Waals surface area contributed by atoms with Gasteiger partial charge in [0.2, 0.25) is 5.95 Å². The maximum absolute atomic E-state index is 13.6. The van der Waals surface area contributed by atoms with Crippen LogP contribution < -0.4 is 20.9 Å². The normalized spacial score (nSPS) is 11.5. The van der Waals surface area contributed by atoms with Gasteiger partial charge in [0, 0.05) is 29.9 Å². The summed E-state index contributed by atoms with van der Waals surface area (Å²) < 4.78 is 31.2. The first-order valence-electron chi connectivity index (χ1n) is 12.0. The molecule has 2 heterocycles. The number of aromatic nitrogens is 3. The number of anilines is 2. The highest BCUT2D eigenvalue weighted by Crippen LogP contribution is 2.49. The predicted octanol–water partition coefficient (Wildman–Crippen LogP) is 5.40. The van der Waals surface area contributed by atoms with Crippen LogP contribution in [0.2, 0.25) is 10.0 Å². The first kappa shape index (κ1) is 29.5. The molecule has 0 aliphatic carbocycles. The third-order valence-corrected chi connectivity index (χ3v) is 8.41. The minimum absolute atomic E-state index is 0.0331. The van der Waals surface area contributed by atoms with Crippen molar-refractivity contribution >= 4 is 64.7 Å². The number of rotatable bonds is 11. The summed E-state index contributed by atoms with van der Waals surface area (Å²) in [6, 6.07) is 11.1. The number of carboxylic acid groups (broad SMARTS) is 1. The highest BCUT2D eigenvalue weighted by atomic mass is 35.5. The topological polar surface area (TPSA) is 142 Å². The molecule has 2 N–H and O–H groups in total. The first-order valence-corrected chi connectivity index (χ1v) is 14.3. The summed E-state index contributed by atoms with van der Waals surface area (Å²) >= 11 is 12.7. The Hall–Kier alpha value is -3.47. The molecule has 0 unspecified atom stereocenters. The third kappa shape index (κ3) is 6.14. The lowest BCUT2D eigenvalue weighted by Crippen LogP contribution is -2.20. The van der Waals surface area contributed by atoms with Crippen molar-refractivity contribution in [3.63, 3.8) is 0 Å². The summed E-state index contributed by atoms with van der Waals surface area (Å²) in [5.74, 6) is -1.03. The summed E-state index contributed by atoms with van der Waals surface area (Å²) in [5.41, 5.74) is 1.09. The number of aryl methyl sites for hydroxylation is 1. The van der Waals surface area contributed by atoms with Gasteiger partial charge in [-0.2, -0.15) is 4.98 Å². The van der Waals surface area contributed by atoms with Crippen LogP contribution in [0.25, 0.3) is 22.2 Å². The first-order chi connectivity index (χ1) is 19.1. The van der Waals surface area contributed by atoms with Gasteiger partial charge in [-0.3, -0.25) is 13.9 Å². The molecule has 0 saturated carbocycles. The smallest absolute Gasteiger partial charge is 0.365 e. The van der Waals surface area contributed by atoms with E-state index in [1.165, 1.54) is 22.9 Å². The van der Waals surface area contributed by atoms with Crippen LogP contribution in [-0.4, -0.2) is 45.4 Å². The lowest BCUT2D eigenvalue weighted by Gasteiger charge is -2.21. The Balaban J connectivity index is 1.75. The van der Waals surface area contributed by atoms with Crippen molar-refractivity contribution < 1.29 is 28.3 Å². The van der Waals surface area contributed by atoms with E-state index in [1.807, 2.05) is 0 Å². The maximum Gasteiger partial charge on any atom is 0.365 e. The molecular formula is C26H25Cl2N4O7P. The Morgan fingerprint density at radius 3 is 2.40 bits per heavy atom. The molecule has 11 nitrogen and oxygen atoms in total. The SMILES string of the molecule is CCOP(=O)(OCC)c1cc(Nc2ncc3cc(-c4c(Cl)cccc4Cl)c(=O)n(C)c3n2)ccc1OCC(=O)O. The van der Waals surface area contributed by atoms with Crippen molar-refractivity contribution in [1.82, 2.24) is 14.5 Å². The molecule has 0 radical (unpaired) electrons. The highest BCUT2D eigenvalue weighted by molar-refractivity contribution is 7.62. The van der Waals surface area contributed by atoms with Crippen molar-refractivity contribution in [2.75, 3.05) is 25.1 Å². The quantitative estimate of drug-likeness (QED) is 0.213. The molecule has 2 aromatic heterocycles. The Bertz CT molecular complexity index is 1670. The lowest BCUT2D eigenvalue weighted by atomic mass is 10.1. The number of hydrogen-bond donors (Lipinski definition) is 2. The molecule has 0 bridgehead atoms. The maximum atomic E-state index is 13.6. The zero-order chi connectivity index (χ0) is 29.0. The van der Waals surface area contributed by atoms with E-state index in [4.69, 9.17) is 42.1 Å². The van der Waals surface area contributed by atoms with Gasteiger partial charge in [0.05, 0.1) is 28.8 Å². The van der Waals surface area contributed by atoms with Gasteiger partial charge in [-0.1, -0.05) is 29.3 Å². The minimum atomic E-state index is -3.86. The average Bonchev–Trinajstić information content (AvgIpc) is 2.91. The van der Waals surface area contributed by atoms with Crippen LogP contribution in [-0.2, 0) is 25.5 Å². The summed E-state index contributed by atoms with van der Waals surface area (Å²) in [4.78, 5) is 33.1. The van der Waals surface area contributed by atoms with Gasteiger partial charge in [0.1, 0.15) is 16.7 Å². The van der Waals surface area contributed by atoms with Gasteiger partial charge < -0.3 is 24.2 Å². The van der Waals surface area contributed by atoms with Gasteiger partial charge in [0.15, 0.2) is 6.61 Å². The molecule has 40 heavy (non-hydrogen) atoms. The second-order valence-electron chi connectivity index (χ2n) is 8.31. The molecule has 0 saturated heterocycles. The number of carbonyl (C=O) groups is 1. The number of pyridine rings is 1. The fraction of sp³-hybridized carbons (Fsp3) is 0.231. The van der Waals surface area contributed by atoms with E-state index in [0.717, 1.165) is 0 Å². The Morgan fingerprint density at radius 1 is 1.10 bits per heavy atom. The van der Waals surface area contributed by atoms with E-state index >= 15 is 0 Å². The molecule has 4 rings (SSSR count). The fourth-order valence-corrected chi connectivity index (χ4v) is 6.30. The van der Waals surface area contributed by atoms with Crippen LogP contribution in [0.15, 0.2) is 53.5 Å². The number of benzene rings is 2. The van der Waals surface area contributed by atoms with Crippen molar-refractivity contribution in [2.45, 2.75) is 13.8 Å². The van der Waals surface area contributed by atoms with Crippen molar-refractivity contribution in [1.29, 1.82) is 0 Å². The van der Waals surface area contributed by atoms with E-state index in [-0.39, 0.29) is 35.8 Å². The third-order valence-electron chi connectivity index (χ3n) is 5.64. The van der Waals surface area contributed by atoms with Gasteiger partial charge in [-0.25, -0.2) is 9.78 Å². The van der Waals surface area contributed by atoms with Crippen LogP contribution in [0, 0.1) is 0 Å². The standard InChI is InChI=1S/C26H25Cl2N4O7P/c1-4-38-40(36,39-5-2)21-12-16(9-10-20(21)37-14-22(33)34)30-26-29-13-15-11-17(25(35)32(3)24(15)31-26)23-18(27)7-6-8-19(23)28/h6-13H,4-5,14H2,1-3H3,(H,33,34)(H,29,30,31). The molecule has 0 fully saturated rings. The second-order valence-corrected chi connectivity index (χ2v) is 11.1. The molecule has 210 valence electrons. The fourth-order valence-electron chi connectivity index (χ4n) is 3.96. The predicted molar refractivity (Wildman–Crippen MR) is 154 cm³/mol. The van der Waals surface area contributed by atoms with Crippen molar-refractivity contribution in [3.8, 4) is 16.9 Å². The molecule has 0 aliphatic heterocycles. The van der Waals surface area contributed by atoms with E-state index in [0.29, 0.717) is 37.9 Å². The number of nitrogens with zero attached hydrogens (tertiary/aromatic N) is 3. The zero-order valence-electron chi connectivity index (χ0n) is 21.7. The molecule has 14 heteroatoms. The minimum Gasteiger partial charge on any atom is -0.481 e. The Kier molecular flexibility index (Phi) is 9.12. The van der Waals surface area contributed by atoms with Gasteiger partial charge in [-0.15, -0.1) is 0 Å². The Morgan fingerprint density at radius 2 is 1.77 bits per heavy atom. The number of ether oxygens (including phenoxy) is 1. The molecular weight excluding hydrogens is 582 g/mol. The van der Waals surface area contributed by atoms with E-state index in [9.17, 15) is 14.2 Å². The van der Waals surface area contributed by atoms with Crippen LogP contribution in [0.5, 0.6) is 5.75 Å². The Labute approximate surface area is 239 Å². The van der Waals surface area contributed by atoms with Crippen molar-refractivity contribution in [2.24, 2.45) is 7.05 Å². The number of halogens is 2. The lowest BCUT2D eigenvalue weighted by molar-refractivity contribution is -0.139. The average molecular weight is 607 g/mol. The van der Waals surface area contributed by atoms with E-state index in [2.05, 4.69) is 15.3 Å². The van der Waals surface area contributed by atoms with E-state index < -0.39 is 20.2 Å². The van der Waals surface area contributed by atoms with Crippen LogP contribution >= 0.6 is 30.8 Å². The van der Waals surface area contributed by atoms with Gasteiger partial charge in [-0.05, 0) is 50.2 Å². The molecule has 0 aliphatic rings. The van der Waals surface area contributed by atoms with Gasteiger partial charge in [0.25, 0.3) is 5.56 Å². The van der Waals surface area contributed by atoms with Crippen LogP contribution in [0.1, 0.15) is 13.8 Å². The second kappa shape index (κ2) is 12.4. The summed E-state index contributed by atoms with van der Waals surface area (Å²) in [6.45, 7) is 2.82. The number of fused-ring (bicyclic) bond motifs is 1. The monoisotopic (exact) mass is 606 g/mol. The van der Waals surface area contributed by atoms with Crippen molar-refractivity contribution in [3.05, 3.63) is 69.1 Å². The summed E-state index contributed by atoms with van der Waals surface area (Å²) in [6.07, 6.45) is 1.54. The molecule has 0 spiro atoms. The zero-order valence-corrected chi connectivity index (χ0v) is 24.1. The summed E-state index contributed by atoms with van der Waals surface area (Å²) in [7, 11) is -2.29. The number of hydrogen-bond acceptors (Lipinski definition) is 9. The molecule has 0 amide bonds. The largest absolute Gasteiger partial charge is 0.481 e. The van der Waals surface area contributed by atoms with Crippen LogP contribution in [0.4, 0.5) is 11.6 Å². The number of carboxylic acids is 1. The molecule has 0 atom stereocenters. The van der Waals surface area contributed by atoms with Gasteiger partial charge >= 0.3 is 13.6 Å². The number of nitrogens with one attached hydrogen (secondary N) is 1. The van der Waals surface area contributed by atoms with Crippen LogP contribution in [0.3, 0.4) is 0 Å². The van der Waals surface area contributed by atoms with E-state index in [1.54, 1.807) is 51.2 Å². The number of aliphatic carboxylic acids is 1.